The van der Waals surface area contributed by atoms with Gasteiger partial charge in [0.2, 0.25) is 0 Å². The number of hydrogen-bond donors (Lipinski definition) is 0. The first-order valence-corrected chi connectivity index (χ1v) is 7.27. The summed E-state index contributed by atoms with van der Waals surface area (Å²) in [5.41, 5.74) is 6.40. The van der Waals surface area contributed by atoms with Gasteiger partial charge in [0.05, 0.1) is 0 Å². The quantitative estimate of drug-likeness (QED) is 0.663. The predicted molar refractivity (Wildman–Crippen MR) is 87.5 cm³/mol. The van der Waals surface area contributed by atoms with Crippen molar-refractivity contribution < 1.29 is 0 Å². The van der Waals surface area contributed by atoms with Crippen LogP contribution in [-0.2, 0) is 0 Å². The minimum Gasteiger partial charge on any atom is -0.264 e. The first-order valence-electron chi connectivity index (χ1n) is 7.27. The smallest absolute Gasteiger partial charge is 0.0355 e. The highest BCUT2D eigenvalue weighted by molar-refractivity contribution is 5.43. The maximum atomic E-state index is 4.29. The van der Waals surface area contributed by atoms with E-state index in [0.717, 1.165) is 0 Å². The molecule has 0 amide bonds. The predicted octanol–water partition coefficient (Wildman–Crippen LogP) is 4.88. The van der Waals surface area contributed by atoms with Gasteiger partial charge in [-0.3, -0.25) is 4.98 Å². The van der Waals surface area contributed by atoms with E-state index in [1.165, 1.54) is 27.8 Å². The maximum absolute atomic E-state index is 4.29. The molecule has 0 atom stereocenters. The highest BCUT2D eigenvalue weighted by Crippen LogP contribution is 2.31. The van der Waals surface area contributed by atoms with Gasteiger partial charge in [0, 0.05) is 18.3 Å². The zero-order valence-electron chi connectivity index (χ0n) is 12.5. The van der Waals surface area contributed by atoms with Crippen LogP contribution >= 0.6 is 0 Å². The molecule has 1 aromatic heterocycles. The Morgan fingerprint density at radius 3 is 1.62 bits per heavy atom. The first-order chi connectivity index (χ1) is 10.2. The molecule has 0 aliphatic rings. The fraction of sp³-hybridized carbons (Fsp3) is 0.150. The van der Waals surface area contributed by atoms with Crippen LogP contribution in [0.25, 0.3) is 0 Å². The summed E-state index contributed by atoms with van der Waals surface area (Å²) in [7, 11) is 0. The fourth-order valence-electron chi connectivity index (χ4n) is 2.64. The second kappa shape index (κ2) is 5.92. The fourth-order valence-corrected chi connectivity index (χ4v) is 2.64. The Bertz CT molecular complexity index is 652. The minimum absolute atomic E-state index is 0.236. The monoisotopic (exact) mass is 273 g/mol. The number of hydrogen-bond acceptors (Lipinski definition) is 1. The molecule has 0 bridgehead atoms. The topological polar surface area (TPSA) is 12.9 Å². The summed E-state index contributed by atoms with van der Waals surface area (Å²) in [4.78, 5) is 4.29. The zero-order valence-corrected chi connectivity index (χ0v) is 12.5. The van der Waals surface area contributed by atoms with Gasteiger partial charge in [-0.25, -0.2) is 0 Å². The molecule has 2 aromatic carbocycles. The molecule has 1 heterocycles. The Kier molecular flexibility index (Phi) is 3.83. The third-order valence-electron chi connectivity index (χ3n) is 3.84. The molecule has 0 fully saturated rings. The van der Waals surface area contributed by atoms with Crippen LogP contribution < -0.4 is 0 Å². The lowest BCUT2D eigenvalue weighted by molar-refractivity contribution is 0.961. The summed E-state index contributed by atoms with van der Waals surface area (Å²) >= 11 is 0. The maximum Gasteiger partial charge on any atom is 0.0355 e. The van der Waals surface area contributed by atoms with Crippen LogP contribution in [-0.4, -0.2) is 4.98 Å². The standard InChI is InChI=1S/C20H19N/c1-15-5-9-17(10-6-15)20(19-4-3-13-21-14-19)18-11-7-16(2)8-12-18/h3-14,20H,1-2H3. The van der Waals surface area contributed by atoms with Crippen molar-refractivity contribution in [3.8, 4) is 0 Å². The highest BCUT2D eigenvalue weighted by Gasteiger charge is 2.16. The van der Waals surface area contributed by atoms with Crippen LogP contribution in [0.15, 0.2) is 73.1 Å². The largest absolute Gasteiger partial charge is 0.264 e. The summed E-state index contributed by atoms with van der Waals surface area (Å²) in [6.45, 7) is 4.24. The van der Waals surface area contributed by atoms with Crippen LogP contribution in [0.2, 0.25) is 0 Å². The molecule has 0 aliphatic heterocycles. The molecule has 1 nitrogen and oxygen atoms in total. The van der Waals surface area contributed by atoms with E-state index >= 15 is 0 Å². The highest BCUT2D eigenvalue weighted by atomic mass is 14.6. The van der Waals surface area contributed by atoms with Gasteiger partial charge in [-0.2, -0.15) is 0 Å². The van der Waals surface area contributed by atoms with Gasteiger partial charge in [-0.15, -0.1) is 0 Å². The third-order valence-corrected chi connectivity index (χ3v) is 3.84. The number of aryl methyl sites for hydroxylation is 2. The summed E-state index contributed by atoms with van der Waals surface area (Å²) in [5, 5.41) is 0. The summed E-state index contributed by atoms with van der Waals surface area (Å²) < 4.78 is 0. The van der Waals surface area contributed by atoms with E-state index in [9.17, 15) is 0 Å². The summed E-state index contributed by atoms with van der Waals surface area (Å²) in [5.74, 6) is 0.236. The average molecular weight is 273 g/mol. The molecule has 3 rings (SSSR count). The SMILES string of the molecule is Cc1ccc(C(c2ccc(C)cc2)c2cccnc2)cc1. The molecule has 1 heteroatoms. The van der Waals surface area contributed by atoms with Crippen molar-refractivity contribution >= 4 is 0 Å². The Morgan fingerprint density at radius 1 is 0.667 bits per heavy atom. The summed E-state index contributed by atoms with van der Waals surface area (Å²) in [6, 6.07) is 21.7. The number of pyridine rings is 1. The van der Waals surface area contributed by atoms with Crippen molar-refractivity contribution in [3.05, 3.63) is 101 Å². The molecular weight excluding hydrogens is 254 g/mol. The van der Waals surface area contributed by atoms with Crippen molar-refractivity contribution in [2.24, 2.45) is 0 Å². The molecule has 0 radical (unpaired) electrons. The van der Waals surface area contributed by atoms with E-state index in [1.54, 1.807) is 0 Å². The van der Waals surface area contributed by atoms with E-state index in [4.69, 9.17) is 0 Å². The van der Waals surface area contributed by atoms with Crippen molar-refractivity contribution in [3.63, 3.8) is 0 Å². The lowest BCUT2D eigenvalue weighted by atomic mass is 9.85. The van der Waals surface area contributed by atoms with Gasteiger partial charge >= 0.3 is 0 Å². The van der Waals surface area contributed by atoms with Gasteiger partial charge < -0.3 is 0 Å². The van der Waals surface area contributed by atoms with Crippen molar-refractivity contribution in [2.75, 3.05) is 0 Å². The Balaban J connectivity index is 2.11. The van der Waals surface area contributed by atoms with E-state index in [1.807, 2.05) is 18.5 Å². The second-order valence-electron chi connectivity index (χ2n) is 5.54. The lowest BCUT2D eigenvalue weighted by Crippen LogP contribution is -2.03. The molecule has 0 saturated heterocycles. The molecule has 0 unspecified atom stereocenters. The average Bonchev–Trinajstić information content (AvgIpc) is 2.52. The minimum atomic E-state index is 0.236. The van der Waals surface area contributed by atoms with E-state index in [0.29, 0.717) is 0 Å². The van der Waals surface area contributed by atoms with Gasteiger partial charge in [-0.1, -0.05) is 65.7 Å². The van der Waals surface area contributed by atoms with Crippen LogP contribution in [0.4, 0.5) is 0 Å². The van der Waals surface area contributed by atoms with Gasteiger partial charge in [0.15, 0.2) is 0 Å². The number of nitrogens with zero attached hydrogens (tertiary/aromatic N) is 1. The number of benzene rings is 2. The molecule has 104 valence electrons. The van der Waals surface area contributed by atoms with Crippen LogP contribution in [0.3, 0.4) is 0 Å². The van der Waals surface area contributed by atoms with E-state index in [-0.39, 0.29) is 5.92 Å². The Labute approximate surface area is 126 Å². The first kappa shape index (κ1) is 13.6. The van der Waals surface area contributed by atoms with Crippen molar-refractivity contribution in [2.45, 2.75) is 19.8 Å². The van der Waals surface area contributed by atoms with E-state index < -0.39 is 0 Å². The van der Waals surface area contributed by atoms with Crippen molar-refractivity contribution in [1.29, 1.82) is 0 Å². The van der Waals surface area contributed by atoms with Crippen LogP contribution in [0, 0.1) is 13.8 Å². The molecule has 0 N–H and O–H groups in total. The van der Waals surface area contributed by atoms with Crippen molar-refractivity contribution in [1.82, 2.24) is 4.98 Å². The van der Waals surface area contributed by atoms with E-state index in [2.05, 4.69) is 73.4 Å². The molecular formula is C20H19N. The van der Waals surface area contributed by atoms with Gasteiger partial charge in [-0.05, 0) is 36.6 Å². The number of rotatable bonds is 3. The molecule has 21 heavy (non-hydrogen) atoms. The van der Waals surface area contributed by atoms with Gasteiger partial charge in [0.1, 0.15) is 0 Å². The van der Waals surface area contributed by atoms with Crippen LogP contribution in [0.5, 0.6) is 0 Å². The lowest BCUT2D eigenvalue weighted by Gasteiger charge is -2.19. The van der Waals surface area contributed by atoms with Gasteiger partial charge in [0.25, 0.3) is 0 Å². The summed E-state index contributed by atoms with van der Waals surface area (Å²) in [6.07, 6.45) is 3.79. The van der Waals surface area contributed by atoms with Crippen LogP contribution in [0.1, 0.15) is 33.7 Å². The molecule has 0 aliphatic carbocycles. The Morgan fingerprint density at radius 2 is 1.19 bits per heavy atom. The second-order valence-corrected chi connectivity index (χ2v) is 5.54. The zero-order chi connectivity index (χ0) is 14.7. The number of aromatic nitrogens is 1. The third kappa shape index (κ3) is 3.03. The molecule has 0 spiro atoms. The molecule has 0 saturated carbocycles. The molecule has 3 aromatic rings. The Hall–Kier alpha value is -2.41. The normalized spacial score (nSPS) is 10.8.